The van der Waals surface area contributed by atoms with Gasteiger partial charge in [-0.2, -0.15) is 0 Å². The summed E-state index contributed by atoms with van der Waals surface area (Å²) in [6.45, 7) is 2.87. The van der Waals surface area contributed by atoms with Gasteiger partial charge >= 0.3 is 0 Å². The summed E-state index contributed by atoms with van der Waals surface area (Å²) in [6, 6.07) is 5.24. The van der Waals surface area contributed by atoms with Gasteiger partial charge in [0.25, 0.3) is 0 Å². The van der Waals surface area contributed by atoms with E-state index in [2.05, 4.69) is 9.98 Å². The maximum Gasteiger partial charge on any atom is 0.227 e. The largest absolute Gasteiger partial charge is 0.341 e. The van der Waals surface area contributed by atoms with Crippen LogP contribution in [0.25, 0.3) is 0 Å². The number of halogens is 2. The summed E-state index contributed by atoms with van der Waals surface area (Å²) in [7, 11) is 0. The highest BCUT2D eigenvalue weighted by Gasteiger charge is 2.55. The Bertz CT molecular complexity index is 554. The van der Waals surface area contributed by atoms with E-state index in [9.17, 15) is 0 Å². The minimum absolute atomic E-state index is 0.484. The highest BCUT2D eigenvalue weighted by Crippen LogP contribution is 2.46. The molecule has 1 fully saturated rings. The van der Waals surface area contributed by atoms with Crippen LogP contribution in [-0.4, -0.2) is 31.3 Å². The van der Waals surface area contributed by atoms with Crippen molar-refractivity contribution in [2.75, 3.05) is 13.2 Å². The first-order chi connectivity index (χ1) is 9.07. The highest BCUT2D eigenvalue weighted by atomic mass is 35.5. The zero-order valence-electron chi connectivity index (χ0n) is 10.3. The zero-order valence-corrected chi connectivity index (χ0v) is 11.8. The third kappa shape index (κ3) is 1.91. The Kier molecular flexibility index (Phi) is 3.14. The van der Waals surface area contributed by atoms with Crippen molar-refractivity contribution in [1.29, 1.82) is 0 Å². The third-order valence-electron chi connectivity index (χ3n) is 3.36. The number of rotatable bonds is 2. The molecule has 3 rings (SSSR count). The number of ether oxygens (including phenoxy) is 2. The number of benzene rings is 1. The van der Waals surface area contributed by atoms with Crippen LogP contribution in [0.4, 0.5) is 0 Å². The first-order valence-electron chi connectivity index (χ1n) is 5.89. The van der Waals surface area contributed by atoms with Gasteiger partial charge < -0.3 is 9.47 Å². The van der Waals surface area contributed by atoms with Gasteiger partial charge in [0.2, 0.25) is 5.79 Å². The molecule has 2 aliphatic rings. The molecule has 0 radical (unpaired) electrons. The van der Waals surface area contributed by atoms with E-state index in [4.69, 9.17) is 32.7 Å². The molecule has 0 N–H and O–H groups in total. The van der Waals surface area contributed by atoms with Crippen molar-refractivity contribution in [3.8, 4) is 0 Å². The van der Waals surface area contributed by atoms with Gasteiger partial charge in [0.05, 0.1) is 18.2 Å². The second-order valence-electron chi connectivity index (χ2n) is 4.61. The number of hydrogen-bond acceptors (Lipinski definition) is 4. The molecule has 6 heteroatoms. The van der Waals surface area contributed by atoms with Crippen molar-refractivity contribution in [1.82, 2.24) is 0 Å². The van der Waals surface area contributed by atoms with Gasteiger partial charge in [0, 0.05) is 16.8 Å². The molecule has 19 heavy (non-hydrogen) atoms. The van der Waals surface area contributed by atoms with Crippen molar-refractivity contribution in [3.63, 3.8) is 0 Å². The van der Waals surface area contributed by atoms with Gasteiger partial charge in [-0.25, -0.2) is 4.99 Å². The fraction of sp³-hybridized carbons (Fsp3) is 0.385. The summed E-state index contributed by atoms with van der Waals surface area (Å²) < 4.78 is 11.8. The number of aliphatic imine (C=N–C) groups is 2. The Morgan fingerprint density at radius 2 is 1.95 bits per heavy atom. The molecule has 2 aliphatic heterocycles. The Labute approximate surface area is 121 Å². The summed E-state index contributed by atoms with van der Waals surface area (Å²) >= 11 is 12.2. The fourth-order valence-electron chi connectivity index (χ4n) is 2.42. The molecule has 0 amide bonds. The van der Waals surface area contributed by atoms with Crippen LogP contribution in [0.15, 0.2) is 28.2 Å². The molecule has 1 atom stereocenters. The molecular weight excluding hydrogens is 287 g/mol. The molecule has 0 bridgehead atoms. The molecule has 0 saturated carbocycles. The third-order valence-corrected chi connectivity index (χ3v) is 3.91. The average Bonchev–Trinajstić information content (AvgIpc) is 2.99. The Morgan fingerprint density at radius 3 is 2.53 bits per heavy atom. The van der Waals surface area contributed by atoms with E-state index in [0.29, 0.717) is 28.8 Å². The van der Waals surface area contributed by atoms with E-state index in [1.165, 1.54) is 6.34 Å². The molecule has 100 valence electrons. The minimum atomic E-state index is -1.05. The van der Waals surface area contributed by atoms with Gasteiger partial charge in [-0.3, -0.25) is 4.99 Å². The van der Waals surface area contributed by atoms with Crippen LogP contribution >= 0.6 is 23.2 Å². The molecule has 0 spiro atoms. The second-order valence-corrected chi connectivity index (χ2v) is 5.45. The van der Waals surface area contributed by atoms with Crippen molar-refractivity contribution in [2.45, 2.75) is 18.2 Å². The van der Waals surface area contributed by atoms with E-state index in [-0.39, 0.29) is 0 Å². The van der Waals surface area contributed by atoms with E-state index in [0.717, 1.165) is 0 Å². The Balaban J connectivity index is 2.16. The summed E-state index contributed by atoms with van der Waals surface area (Å²) in [5, 5.41) is 1.06. The summed E-state index contributed by atoms with van der Waals surface area (Å²) in [4.78, 5) is 8.43. The van der Waals surface area contributed by atoms with E-state index in [1.54, 1.807) is 18.3 Å². The SMILES string of the molecule is CC1(C2(c3ccc(Cl)cc3Cl)OCCO2)C=NC=N1. The van der Waals surface area contributed by atoms with E-state index >= 15 is 0 Å². The van der Waals surface area contributed by atoms with Crippen molar-refractivity contribution < 1.29 is 9.47 Å². The van der Waals surface area contributed by atoms with Gasteiger partial charge in [-0.1, -0.05) is 29.3 Å². The molecule has 1 aromatic rings. The molecule has 2 heterocycles. The van der Waals surface area contributed by atoms with Crippen LogP contribution in [0.2, 0.25) is 10.0 Å². The maximum atomic E-state index is 6.30. The van der Waals surface area contributed by atoms with Crippen molar-refractivity contribution in [2.24, 2.45) is 9.98 Å². The average molecular weight is 299 g/mol. The molecule has 4 nitrogen and oxygen atoms in total. The van der Waals surface area contributed by atoms with Crippen LogP contribution in [0.3, 0.4) is 0 Å². The van der Waals surface area contributed by atoms with Gasteiger partial charge in [-0.15, -0.1) is 0 Å². The lowest BCUT2D eigenvalue weighted by atomic mass is 9.87. The Hall–Kier alpha value is -0.940. The number of hydrogen-bond donors (Lipinski definition) is 0. The Morgan fingerprint density at radius 1 is 1.21 bits per heavy atom. The van der Waals surface area contributed by atoms with Gasteiger partial charge in [0.1, 0.15) is 6.34 Å². The first kappa shape index (κ1) is 13.1. The van der Waals surface area contributed by atoms with E-state index < -0.39 is 11.3 Å². The fourth-order valence-corrected chi connectivity index (χ4v) is 2.96. The van der Waals surface area contributed by atoms with Crippen LogP contribution in [0.5, 0.6) is 0 Å². The van der Waals surface area contributed by atoms with Crippen LogP contribution in [-0.2, 0) is 15.3 Å². The van der Waals surface area contributed by atoms with E-state index in [1.807, 2.05) is 13.0 Å². The first-order valence-corrected chi connectivity index (χ1v) is 6.64. The molecule has 0 aliphatic carbocycles. The summed E-state index contributed by atoms with van der Waals surface area (Å²) in [5.74, 6) is -1.05. The topological polar surface area (TPSA) is 43.2 Å². The normalized spacial score (nSPS) is 28.2. The van der Waals surface area contributed by atoms with Gasteiger partial charge in [-0.05, 0) is 19.1 Å². The molecule has 1 aromatic carbocycles. The predicted octanol–water partition coefficient (Wildman–Crippen LogP) is 3.06. The lowest BCUT2D eigenvalue weighted by Crippen LogP contribution is -2.49. The summed E-state index contributed by atoms with van der Waals surface area (Å²) in [5.41, 5.74) is -0.0231. The van der Waals surface area contributed by atoms with Crippen molar-refractivity contribution >= 4 is 35.8 Å². The molecule has 1 saturated heterocycles. The van der Waals surface area contributed by atoms with Gasteiger partial charge in [0.15, 0.2) is 5.54 Å². The smallest absolute Gasteiger partial charge is 0.227 e. The van der Waals surface area contributed by atoms with Crippen molar-refractivity contribution in [3.05, 3.63) is 33.8 Å². The maximum absolute atomic E-state index is 6.30. The summed E-state index contributed by atoms with van der Waals surface area (Å²) in [6.07, 6.45) is 3.21. The quantitative estimate of drug-likeness (QED) is 0.842. The van der Waals surface area contributed by atoms with Crippen LogP contribution in [0, 0.1) is 0 Å². The minimum Gasteiger partial charge on any atom is -0.341 e. The van der Waals surface area contributed by atoms with Crippen LogP contribution < -0.4 is 0 Å². The monoisotopic (exact) mass is 298 g/mol. The standard InChI is InChI=1S/C13H12Cl2N2O2/c1-12(7-16-8-17-12)13(18-4-5-19-13)10-3-2-9(14)6-11(10)15/h2-3,6-8H,4-5H2,1H3. The molecule has 1 unspecified atom stereocenters. The predicted molar refractivity (Wildman–Crippen MR) is 75.4 cm³/mol. The molecular formula is C13H12Cl2N2O2. The zero-order chi connectivity index (χ0) is 13.5. The number of nitrogens with zero attached hydrogens (tertiary/aromatic N) is 2. The lowest BCUT2D eigenvalue weighted by molar-refractivity contribution is -0.191. The highest BCUT2D eigenvalue weighted by molar-refractivity contribution is 6.35. The lowest BCUT2D eigenvalue weighted by Gasteiger charge is -2.38. The second kappa shape index (κ2) is 4.56. The molecule has 0 aromatic heterocycles. The van der Waals surface area contributed by atoms with Crippen LogP contribution in [0.1, 0.15) is 12.5 Å².